The maximum atomic E-state index is 11.9. The normalized spacial score (nSPS) is 9.71. The van der Waals surface area contributed by atoms with Crippen molar-refractivity contribution in [3.05, 3.63) is 63.6 Å². The van der Waals surface area contributed by atoms with E-state index in [-0.39, 0.29) is 22.9 Å². The van der Waals surface area contributed by atoms with Crippen LogP contribution in [0.1, 0.15) is 15.9 Å². The standard InChI is InChI=1S/C16H11Cl2N3O3/c17-11-5-6-13(18)12(7-11)16(23)21-20-15(22)9-24-14-4-2-1-3-10(14)8-19/h1-7H,9H2,(H,20,22)(H,21,23). The molecular formula is C16H11Cl2N3O3. The minimum atomic E-state index is -0.617. The first-order valence-corrected chi connectivity index (χ1v) is 7.43. The number of nitrogens with zero attached hydrogens (tertiary/aromatic N) is 1. The Bertz CT molecular complexity index is 818. The molecule has 0 heterocycles. The molecule has 0 unspecified atom stereocenters. The summed E-state index contributed by atoms with van der Waals surface area (Å²) < 4.78 is 5.24. The van der Waals surface area contributed by atoms with E-state index in [1.54, 1.807) is 30.3 Å². The van der Waals surface area contributed by atoms with Gasteiger partial charge in [0.25, 0.3) is 11.8 Å². The zero-order valence-electron chi connectivity index (χ0n) is 12.2. The highest BCUT2D eigenvalue weighted by atomic mass is 35.5. The molecule has 0 atom stereocenters. The number of benzene rings is 2. The minimum absolute atomic E-state index is 0.125. The van der Waals surface area contributed by atoms with Gasteiger partial charge in [0.15, 0.2) is 6.61 Å². The number of ether oxygens (including phenoxy) is 1. The van der Waals surface area contributed by atoms with E-state index < -0.39 is 11.8 Å². The Labute approximate surface area is 147 Å². The first-order valence-electron chi connectivity index (χ1n) is 6.67. The Balaban J connectivity index is 1.88. The third-order valence-electron chi connectivity index (χ3n) is 2.85. The Morgan fingerprint density at radius 3 is 2.62 bits per heavy atom. The van der Waals surface area contributed by atoms with Crippen molar-refractivity contribution < 1.29 is 14.3 Å². The molecule has 0 radical (unpaired) electrons. The van der Waals surface area contributed by atoms with Crippen molar-refractivity contribution in [2.45, 2.75) is 0 Å². The van der Waals surface area contributed by atoms with Crippen molar-refractivity contribution in [3.63, 3.8) is 0 Å². The zero-order chi connectivity index (χ0) is 17.5. The molecule has 0 saturated carbocycles. The molecule has 8 heteroatoms. The summed E-state index contributed by atoms with van der Waals surface area (Å²) in [6.07, 6.45) is 0. The van der Waals surface area contributed by atoms with Crippen LogP contribution in [0.25, 0.3) is 0 Å². The molecule has 0 aliphatic rings. The van der Waals surface area contributed by atoms with Gasteiger partial charge in [-0.3, -0.25) is 20.4 Å². The van der Waals surface area contributed by atoms with Crippen molar-refractivity contribution >= 4 is 35.0 Å². The Morgan fingerprint density at radius 1 is 1.12 bits per heavy atom. The average Bonchev–Trinajstić information content (AvgIpc) is 2.60. The molecule has 0 aliphatic carbocycles. The third kappa shape index (κ3) is 4.62. The van der Waals surface area contributed by atoms with Crippen LogP contribution in [-0.4, -0.2) is 18.4 Å². The number of carbonyl (C=O) groups is 2. The largest absolute Gasteiger partial charge is 0.482 e. The van der Waals surface area contributed by atoms with Crippen LogP contribution in [0.15, 0.2) is 42.5 Å². The second kappa shape index (κ2) is 8.20. The predicted molar refractivity (Wildman–Crippen MR) is 88.7 cm³/mol. The van der Waals surface area contributed by atoms with Crippen molar-refractivity contribution in [3.8, 4) is 11.8 Å². The van der Waals surface area contributed by atoms with Gasteiger partial charge < -0.3 is 4.74 Å². The van der Waals surface area contributed by atoms with Crippen molar-refractivity contribution in [2.24, 2.45) is 0 Å². The lowest BCUT2D eigenvalue weighted by Crippen LogP contribution is -2.43. The Morgan fingerprint density at radius 2 is 1.88 bits per heavy atom. The van der Waals surface area contributed by atoms with Crippen LogP contribution in [0.3, 0.4) is 0 Å². The van der Waals surface area contributed by atoms with Gasteiger partial charge in [0.1, 0.15) is 11.8 Å². The van der Waals surface area contributed by atoms with E-state index in [2.05, 4.69) is 10.9 Å². The molecular weight excluding hydrogens is 353 g/mol. The highest BCUT2D eigenvalue weighted by molar-refractivity contribution is 6.35. The Hall–Kier alpha value is -2.75. The first-order chi connectivity index (χ1) is 11.5. The molecule has 0 aromatic heterocycles. The molecule has 2 aromatic carbocycles. The van der Waals surface area contributed by atoms with Crippen LogP contribution < -0.4 is 15.6 Å². The van der Waals surface area contributed by atoms with E-state index in [0.29, 0.717) is 10.6 Å². The number of para-hydroxylation sites is 1. The topological polar surface area (TPSA) is 91.2 Å². The summed E-state index contributed by atoms with van der Waals surface area (Å²) in [5.41, 5.74) is 4.82. The summed E-state index contributed by atoms with van der Waals surface area (Å²) in [4.78, 5) is 23.7. The van der Waals surface area contributed by atoms with Crippen molar-refractivity contribution in [1.82, 2.24) is 10.9 Å². The van der Waals surface area contributed by atoms with Crippen molar-refractivity contribution in [2.75, 3.05) is 6.61 Å². The number of hydrazine groups is 1. The molecule has 2 amide bonds. The quantitative estimate of drug-likeness (QED) is 0.816. The number of amides is 2. The zero-order valence-corrected chi connectivity index (χ0v) is 13.7. The fraction of sp³-hybridized carbons (Fsp3) is 0.0625. The lowest BCUT2D eigenvalue weighted by molar-refractivity contribution is -0.123. The van der Waals surface area contributed by atoms with E-state index in [1.807, 2.05) is 6.07 Å². The number of nitriles is 1. The second-order valence-electron chi connectivity index (χ2n) is 4.52. The van der Waals surface area contributed by atoms with Gasteiger partial charge in [-0.05, 0) is 30.3 Å². The number of halogens is 2. The van der Waals surface area contributed by atoms with Gasteiger partial charge in [-0.25, -0.2) is 0 Å². The van der Waals surface area contributed by atoms with Gasteiger partial charge in [0, 0.05) is 5.02 Å². The minimum Gasteiger partial charge on any atom is -0.482 e. The van der Waals surface area contributed by atoms with E-state index in [4.69, 9.17) is 33.2 Å². The number of carbonyl (C=O) groups excluding carboxylic acids is 2. The lowest BCUT2D eigenvalue weighted by Gasteiger charge is -2.10. The molecule has 24 heavy (non-hydrogen) atoms. The highest BCUT2D eigenvalue weighted by Gasteiger charge is 2.12. The fourth-order valence-electron chi connectivity index (χ4n) is 1.73. The summed E-state index contributed by atoms with van der Waals surface area (Å²) >= 11 is 11.7. The van der Waals surface area contributed by atoms with Crippen LogP contribution in [0.5, 0.6) is 5.75 Å². The molecule has 122 valence electrons. The molecule has 0 fully saturated rings. The summed E-state index contributed by atoms with van der Waals surface area (Å²) in [7, 11) is 0. The highest BCUT2D eigenvalue weighted by Crippen LogP contribution is 2.20. The van der Waals surface area contributed by atoms with E-state index in [1.165, 1.54) is 12.1 Å². The lowest BCUT2D eigenvalue weighted by atomic mass is 10.2. The van der Waals surface area contributed by atoms with Crippen LogP contribution in [0.4, 0.5) is 0 Å². The van der Waals surface area contributed by atoms with Crippen LogP contribution in [0.2, 0.25) is 10.0 Å². The maximum absolute atomic E-state index is 11.9. The summed E-state index contributed by atoms with van der Waals surface area (Å²) in [6.45, 7) is -0.373. The molecule has 0 aliphatic heterocycles. The molecule has 2 rings (SSSR count). The fourth-order valence-corrected chi connectivity index (χ4v) is 2.11. The van der Waals surface area contributed by atoms with Gasteiger partial charge in [-0.1, -0.05) is 35.3 Å². The van der Waals surface area contributed by atoms with Gasteiger partial charge in [-0.2, -0.15) is 5.26 Å². The third-order valence-corrected chi connectivity index (χ3v) is 3.42. The van der Waals surface area contributed by atoms with E-state index in [0.717, 1.165) is 0 Å². The monoisotopic (exact) mass is 363 g/mol. The number of nitrogens with one attached hydrogen (secondary N) is 2. The van der Waals surface area contributed by atoms with Gasteiger partial charge in [0.2, 0.25) is 0 Å². The van der Waals surface area contributed by atoms with Crippen LogP contribution in [0, 0.1) is 11.3 Å². The first kappa shape index (κ1) is 17.6. The summed E-state index contributed by atoms with van der Waals surface area (Å²) in [5.74, 6) is -0.943. The van der Waals surface area contributed by atoms with Crippen LogP contribution in [-0.2, 0) is 4.79 Å². The summed E-state index contributed by atoms with van der Waals surface area (Å²) in [6, 6.07) is 12.8. The number of rotatable bonds is 4. The van der Waals surface area contributed by atoms with Gasteiger partial charge >= 0.3 is 0 Å². The molecule has 6 nitrogen and oxygen atoms in total. The van der Waals surface area contributed by atoms with Gasteiger partial charge in [-0.15, -0.1) is 0 Å². The predicted octanol–water partition coefficient (Wildman–Crippen LogP) is 2.71. The Kier molecular flexibility index (Phi) is 6.01. The second-order valence-corrected chi connectivity index (χ2v) is 5.37. The molecule has 0 saturated heterocycles. The molecule has 0 bridgehead atoms. The average molecular weight is 364 g/mol. The SMILES string of the molecule is N#Cc1ccccc1OCC(=O)NNC(=O)c1cc(Cl)ccc1Cl. The van der Waals surface area contributed by atoms with E-state index >= 15 is 0 Å². The number of hydrogen-bond donors (Lipinski definition) is 2. The van der Waals surface area contributed by atoms with E-state index in [9.17, 15) is 9.59 Å². The smallest absolute Gasteiger partial charge is 0.276 e. The van der Waals surface area contributed by atoms with Crippen molar-refractivity contribution in [1.29, 1.82) is 5.26 Å². The van der Waals surface area contributed by atoms with Gasteiger partial charge in [0.05, 0.1) is 16.1 Å². The number of hydrogen-bond acceptors (Lipinski definition) is 4. The molecule has 2 aromatic rings. The summed E-state index contributed by atoms with van der Waals surface area (Å²) in [5, 5.41) is 9.46. The molecule has 0 spiro atoms. The maximum Gasteiger partial charge on any atom is 0.276 e. The van der Waals surface area contributed by atoms with Crippen LogP contribution >= 0.6 is 23.2 Å². The molecule has 2 N–H and O–H groups in total.